The third-order valence-electron chi connectivity index (χ3n) is 3.77. The van der Waals surface area contributed by atoms with Gasteiger partial charge in [-0.2, -0.15) is 5.10 Å². The Hall–Kier alpha value is -2.34. The Kier molecular flexibility index (Phi) is 5.39. The summed E-state index contributed by atoms with van der Waals surface area (Å²) in [5, 5.41) is 17.5. The van der Waals surface area contributed by atoms with Gasteiger partial charge >= 0.3 is 0 Å². The predicted octanol–water partition coefficient (Wildman–Crippen LogP) is 1.84. The van der Waals surface area contributed by atoms with E-state index in [1.807, 2.05) is 6.92 Å². The number of hydrogen-bond acceptors (Lipinski definition) is 4. The van der Waals surface area contributed by atoms with E-state index in [-0.39, 0.29) is 5.91 Å². The van der Waals surface area contributed by atoms with Crippen molar-refractivity contribution in [3.05, 3.63) is 47.3 Å². The number of carbonyl (C=O) groups excluding carboxylic acids is 1. The summed E-state index contributed by atoms with van der Waals surface area (Å²) in [4.78, 5) is 12.4. The Balaban J connectivity index is 2.07. The van der Waals surface area contributed by atoms with Gasteiger partial charge in [0.15, 0.2) is 0 Å². The van der Waals surface area contributed by atoms with E-state index in [4.69, 9.17) is 4.74 Å². The molecule has 1 aromatic carbocycles. The lowest BCUT2D eigenvalue weighted by Gasteiger charge is -2.20. The molecule has 0 aliphatic heterocycles. The number of aromatic nitrogens is 2. The molecule has 0 spiro atoms. The molecule has 1 aromatic heterocycles. The molecule has 0 aliphatic carbocycles. The first-order chi connectivity index (χ1) is 11.0. The molecule has 2 atom stereocenters. The standard InChI is InChI=1S/C17H23N3O3/c1-5-15-14(10-20(3)19-15)17(22)18-11(2)16(21)12-6-8-13(23-4)9-7-12/h6-11,16,21H,5H2,1-4H3,(H,18,22). The predicted molar refractivity (Wildman–Crippen MR) is 87.5 cm³/mol. The molecule has 124 valence electrons. The second-order valence-electron chi connectivity index (χ2n) is 5.50. The molecule has 0 saturated heterocycles. The van der Waals surface area contributed by atoms with Gasteiger partial charge in [0, 0.05) is 13.2 Å². The Morgan fingerprint density at radius 3 is 2.61 bits per heavy atom. The van der Waals surface area contributed by atoms with Crippen LogP contribution in [-0.4, -0.2) is 33.9 Å². The second-order valence-corrected chi connectivity index (χ2v) is 5.50. The molecule has 0 fully saturated rings. The summed E-state index contributed by atoms with van der Waals surface area (Å²) in [6, 6.07) is 6.70. The van der Waals surface area contributed by atoms with Crippen molar-refractivity contribution >= 4 is 5.91 Å². The molecule has 6 nitrogen and oxygen atoms in total. The van der Waals surface area contributed by atoms with Gasteiger partial charge in [-0.25, -0.2) is 0 Å². The van der Waals surface area contributed by atoms with E-state index >= 15 is 0 Å². The van der Waals surface area contributed by atoms with E-state index in [9.17, 15) is 9.90 Å². The van der Waals surface area contributed by atoms with Crippen LogP contribution in [-0.2, 0) is 13.5 Å². The van der Waals surface area contributed by atoms with Crippen LogP contribution in [0.25, 0.3) is 0 Å². The molecule has 0 radical (unpaired) electrons. The quantitative estimate of drug-likeness (QED) is 0.852. The lowest BCUT2D eigenvalue weighted by molar-refractivity contribution is 0.0851. The average Bonchev–Trinajstić information content (AvgIpc) is 2.95. The fraction of sp³-hybridized carbons (Fsp3) is 0.412. The van der Waals surface area contributed by atoms with Crippen LogP contribution in [0.5, 0.6) is 5.75 Å². The Labute approximate surface area is 136 Å². The maximum atomic E-state index is 12.4. The smallest absolute Gasteiger partial charge is 0.255 e. The van der Waals surface area contributed by atoms with Crippen LogP contribution in [0.1, 0.15) is 41.6 Å². The van der Waals surface area contributed by atoms with E-state index in [0.717, 1.165) is 17.0 Å². The van der Waals surface area contributed by atoms with Crippen molar-refractivity contribution in [3.8, 4) is 5.75 Å². The zero-order valence-corrected chi connectivity index (χ0v) is 13.9. The first-order valence-corrected chi connectivity index (χ1v) is 7.61. The summed E-state index contributed by atoms with van der Waals surface area (Å²) < 4.78 is 6.72. The lowest BCUT2D eigenvalue weighted by atomic mass is 10.0. The molecule has 2 aromatic rings. The van der Waals surface area contributed by atoms with Crippen molar-refractivity contribution in [3.63, 3.8) is 0 Å². The maximum Gasteiger partial charge on any atom is 0.255 e. The van der Waals surface area contributed by atoms with Crippen molar-refractivity contribution in [2.45, 2.75) is 32.4 Å². The van der Waals surface area contributed by atoms with Gasteiger partial charge in [-0.1, -0.05) is 19.1 Å². The fourth-order valence-electron chi connectivity index (χ4n) is 2.44. The lowest BCUT2D eigenvalue weighted by Crippen LogP contribution is -2.37. The molecular formula is C17H23N3O3. The van der Waals surface area contributed by atoms with Crippen LogP contribution in [0.15, 0.2) is 30.5 Å². The van der Waals surface area contributed by atoms with Crippen LogP contribution in [0, 0.1) is 0 Å². The molecule has 2 rings (SSSR count). The van der Waals surface area contributed by atoms with Crippen LogP contribution < -0.4 is 10.1 Å². The van der Waals surface area contributed by atoms with Gasteiger partial charge in [0.1, 0.15) is 5.75 Å². The third-order valence-corrected chi connectivity index (χ3v) is 3.77. The number of rotatable bonds is 6. The highest BCUT2D eigenvalue weighted by atomic mass is 16.5. The monoisotopic (exact) mass is 317 g/mol. The number of methoxy groups -OCH3 is 1. The summed E-state index contributed by atoms with van der Waals surface area (Å²) in [6.07, 6.45) is 1.58. The van der Waals surface area contributed by atoms with Crippen molar-refractivity contribution in [2.24, 2.45) is 7.05 Å². The maximum absolute atomic E-state index is 12.4. The summed E-state index contributed by atoms with van der Waals surface area (Å²) in [5.74, 6) is 0.496. The van der Waals surface area contributed by atoms with Gasteiger partial charge in [0.2, 0.25) is 0 Å². The van der Waals surface area contributed by atoms with E-state index in [1.54, 1.807) is 56.2 Å². The normalized spacial score (nSPS) is 13.4. The Morgan fingerprint density at radius 1 is 1.39 bits per heavy atom. The minimum absolute atomic E-state index is 0.227. The third kappa shape index (κ3) is 3.90. The molecule has 0 aliphatic rings. The summed E-state index contributed by atoms with van der Waals surface area (Å²) >= 11 is 0. The van der Waals surface area contributed by atoms with Gasteiger partial charge in [0.05, 0.1) is 30.5 Å². The molecule has 2 N–H and O–H groups in total. The average molecular weight is 317 g/mol. The number of aryl methyl sites for hydroxylation is 2. The number of aliphatic hydroxyl groups excluding tert-OH is 1. The minimum Gasteiger partial charge on any atom is -0.497 e. The molecule has 1 heterocycles. The number of amides is 1. The number of carbonyl (C=O) groups is 1. The van der Waals surface area contributed by atoms with Gasteiger partial charge < -0.3 is 15.2 Å². The van der Waals surface area contributed by atoms with Gasteiger partial charge in [-0.05, 0) is 31.0 Å². The largest absolute Gasteiger partial charge is 0.497 e. The Bertz CT molecular complexity index is 664. The van der Waals surface area contributed by atoms with Crippen LogP contribution in [0.2, 0.25) is 0 Å². The van der Waals surface area contributed by atoms with Crippen molar-refractivity contribution in [1.82, 2.24) is 15.1 Å². The summed E-state index contributed by atoms with van der Waals surface area (Å²) in [6.45, 7) is 3.73. The second kappa shape index (κ2) is 7.28. The molecule has 2 unspecified atom stereocenters. The first kappa shape index (κ1) is 17.0. The number of ether oxygens (including phenoxy) is 1. The number of aliphatic hydroxyl groups is 1. The van der Waals surface area contributed by atoms with Crippen molar-refractivity contribution in [2.75, 3.05) is 7.11 Å². The number of benzene rings is 1. The zero-order valence-electron chi connectivity index (χ0n) is 13.9. The zero-order chi connectivity index (χ0) is 17.0. The van der Waals surface area contributed by atoms with E-state index in [2.05, 4.69) is 10.4 Å². The Morgan fingerprint density at radius 2 is 2.04 bits per heavy atom. The van der Waals surface area contributed by atoms with Crippen LogP contribution in [0.4, 0.5) is 0 Å². The number of nitrogens with zero attached hydrogens (tertiary/aromatic N) is 2. The highest BCUT2D eigenvalue weighted by Crippen LogP contribution is 2.20. The molecular weight excluding hydrogens is 294 g/mol. The highest BCUT2D eigenvalue weighted by Gasteiger charge is 2.21. The van der Waals surface area contributed by atoms with Crippen molar-refractivity contribution in [1.29, 1.82) is 0 Å². The van der Waals surface area contributed by atoms with Gasteiger partial charge in [0.25, 0.3) is 5.91 Å². The molecule has 6 heteroatoms. The van der Waals surface area contributed by atoms with Crippen molar-refractivity contribution < 1.29 is 14.6 Å². The van der Waals surface area contributed by atoms with E-state index in [0.29, 0.717) is 12.0 Å². The summed E-state index contributed by atoms with van der Waals surface area (Å²) in [5.41, 5.74) is 2.01. The van der Waals surface area contributed by atoms with Crippen LogP contribution in [0.3, 0.4) is 0 Å². The first-order valence-electron chi connectivity index (χ1n) is 7.61. The van der Waals surface area contributed by atoms with Gasteiger partial charge in [-0.15, -0.1) is 0 Å². The van der Waals surface area contributed by atoms with Crippen LogP contribution >= 0.6 is 0 Å². The molecule has 0 saturated carbocycles. The molecule has 1 amide bonds. The molecule has 23 heavy (non-hydrogen) atoms. The SMILES string of the molecule is CCc1nn(C)cc1C(=O)NC(C)C(O)c1ccc(OC)cc1. The number of hydrogen-bond donors (Lipinski definition) is 2. The topological polar surface area (TPSA) is 76.4 Å². The van der Waals surface area contributed by atoms with E-state index in [1.165, 1.54) is 0 Å². The molecule has 0 bridgehead atoms. The summed E-state index contributed by atoms with van der Waals surface area (Å²) in [7, 11) is 3.37. The number of nitrogens with one attached hydrogen (secondary N) is 1. The van der Waals surface area contributed by atoms with E-state index < -0.39 is 12.1 Å². The minimum atomic E-state index is -0.799. The fourth-order valence-corrected chi connectivity index (χ4v) is 2.44. The van der Waals surface area contributed by atoms with Gasteiger partial charge in [-0.3, -0.25) is 9.48 Å². The highest BCUT2D eigenvalue weighted by molar-refractivity contribution is 5.95.